The molecule has 106 valence electrons. The van der Waals surface area contributed by atoms with Gasteiger partial charge in [-0.1, -0.05) is 29.8 Å². The minimum atomic E-state index is -3.66. The zero-order valence-electron chi connectivity index (χ0n) is 10.8. The first kappa shape index (κ1) is 15.0. The molecule has 0 bridgehead atoms. The fourth-order valence-electron chi connectivity index (χ4n) is 1.74. The molecule has 6 heteroatoms. The van der Waals surface area contributed by atoms with Crippen LogP contribution in [0.4, 0.5) is 4.39 Å². The van der Waals surface area contributed by atoms with Gasteiger partial charge in [0.1, 0.15) is 5.82 Å². The Balaban J connectivity index is 2.26. The van der Waals surface area contributed by atoms with E-state index in [2.05, 4.69) is 0 Å². The quantitative estimate of drug-likeness (QED) is 0.868. The van der Waals surface area contributed by atoms with Crippen LogP contribution in [0.3, 0.4) is 0 Å². The van der Waals surface area contributed by atoms with E-state index in [0.717, 1.165) is 12.1 Å². The molecule has 0 unspecified atom stereocenters. The third-order valence-electron chi connectivity index (χ3n) is 2.87. The van der Waals surface area contributed by atoms with E-state index in [1.165, 1.54) is 23.5 Å². The fourth-order valence-corrected chi connectivity index (χ4v) is 3.08. The van der Waals surface area contributed by atoms with Gasteiger partial charge < -0.3 is 0 Å². The lowest BCUT2D eigenvalue weighted by atomic mass is 10.2. The molecule has 0 saturated heterocycles. The SMILES string of the molecule is CN(Cc1ccccc1Cl)S(=O)(=O)c1ccc(F)cc1. The standard InChI is InChI=1S/C14H13ClFNO2S/c1-17(10-11-4-2-3-5-14(11)15)20(18,19)13-8-6-12(16)7-9-13/h2-9H,10H2,1H3. The monoisotopic (exact) mass is 313 g/mol. The first-order valence-corrected chi connectivity index (χ1v) is 7.68. The molecule has 0 fully saturated rings. The third-order valence-corrected chi connectivity index (χ3v) is 5.06. The third kappa shape index (κ3) is 3.17. The summed E-state index contributed by atoms with van der Waals surface area (Å²) in [7, 11) is -2.20. The normalized spacial score (nSPS) is 11.8. The lowest BCUT2D eigenvalue weighted by molar-refractivity contribution is 0.466. The highest BCUT2D eigenvalue weighted by atomic mass is 35.5. The molecule has 0 amide bonds. The predicted octanol–water partition coefficient (Wildman–Crippen LogP) is 3.30. The number of hydrogen-bond donors (Lipinski definition) is 0. The van der Waals surface area contributed by atoms with Crippen molar-refractivity contribution in [1.82, 2.24) is 4.31 Å². The fraction of sp³-hybridized carbons (Fsp3) is 0.143. The van der Waals surface area contributed by atoms with Crippen LogP contribution in [0.2, 0.25) is 5.02 Å². The summed E-state index contributed by atoms with van der Waals surface area (Å²) in [5, 5.41) is 0.508. The molecular formula is C14H13ClFNO2S. The maximum absolute atomic E-state index is 12.8. The van der Waals surface area contributed by atoms with E-state index in [0.29, 0.717) is 10.6 Å². The Hall–Kier alpha value is -1.43. The maximum atomic E-state index is 12.8. The maximum Gasteiger partial charge on any atom is 0.243 e. The van der Waals surface area contributed by atoms with Crippen molar-refractivity contribution in [2.75, 3.05) is 7.05 Å². The van der Waals surface area contributed by atoms with Gasteiger partial charge in [0.2, 0.25) is 10.0 Å². The van der Waals surface area contributed by atoms with Crippen LogP contribution >= 0.6 is 11.6 Å². The number of hydrogen-bond acceptors (Lipinski definition) is 2. The van der Waals surface area contributed by atoms with Crippen molar-refractivity contribution in [3.63, 3.8) is 0 Å². The molecule has 0 aliphatic heterocycles. The van der Waals surface area contributed by atoms with Crippen LogP contribution in [0.25, 0.3) is 0 Å². The van der Waals surface area contributed by atoms with Gasteiger partial charge in [-0.15, -0.1) is 0 Å². The molecule has 2 aromatic carbocycles. The van der Waals surface area contributed by atoms with Crippen molar-refractivity contribution >= 4 is 21.6 Å². The molecule has 0 aliphatic carbocycles. The lowest BCUT2D eigenvalue weighted by Crippen LogP contribution is -2.26. The summed E-state index contributed by atoms with van der Waals surface area (Å²) in [6.07, 6.45) is 0. The van der Waals surface area contributed by atoms with Crippen LogP contribution < -0.4 is 0 Å². The Morgan fingerprint density at radius 2 is 1.70 bits per heavy atom. The molecule has 20 heavy (non-hydrogen) atoms. The Bertz CT molecular complexity index is 701. The van der Waals surface area contributed by atoms with Gasteiger partial charge >= 0.3 is 0 Å². The van der Waals surface area contributed by atoms with Gasteiger partial charge in [0.15, 0.2) is 0 Å². The van der Waals surface area contributed by atoms with Gasteiger partial charge in [-0.2, -0.15) is 4.31 Å². The van der Waals surface area contributed by atoms with Gasteiger partial charge in [-0.3, -0.25) is 0 Å². The summed E-state index contributed by atoms with van der Waals surface area (Å²) in [5.74, 6) is -0.474. The second kappa shape index (κ2) is 5.91. The van der Waals surface area contributed by atoms with E-state index in [-0.39, 0.29) is 11.4 Å². The van der Waals surface area contributed by atoms with Crippen molar-refractivity contribution in [2.45, 2.75) is 11.4 Å². The van der Waals surface area contributed by atoms with Gasteiger partial charge in [0.25, 0.3) is 0 Å². The van der Waals surface area contributed by atoms with Crippen LogP contribution in [-0.2, 0) is 16.6 Å². The van der Waals surface area contributed by atoms with Gasteiger partial charge in [0.05, 0.1) is 4.90 Å². The first-order valence-electron chi connectivity index (χ1n) is 5.86. The molecule has 0 heterocycles. The number of rotatable bonds is 4. The summed E-state index contributed by atoms with van der Waals surface area (Å²) in [4.78, 5) is 0.0495. The van der Waals surface area contributed by atoms with E-state index in [9.17, 15) is 12.8 Å². The summed E-state index contributed by atoms with van der Waals surface area (Å²) in [5.41, 5.74) is 0.711. The van der Waals surface area contributed by atoms with E-state index in [1.807, 2.05) is 0 Å². The molecule has 0 aromatic heterocycles. The van der Waals surface area contributed by atoms with Crippen LogP contribution in [0.5, 0.6) is 0 Å². The van der Waals surface area contributed by atoms with Crippen molar-refractivity contribution in [3.05, 3.63) is 64.9 Å². The summed E-state index contributed by atoms with van der Waals surface area (Å²) in [6, 6.07) is 11.8. The largest absolute Gasteiger partial charge is 0.243 e. The van der Waals surface area contributed by atoms with Crippen molar-refractivity contribution < 1.29 is 12.8 Å². The Morgan fingerprint density at radius 3 is 2.30 bits per heavy atom. The Kier molecular flexibility index (Phi) is 4.42. The van der Waals surface area contributed by atoms with Gasteiger partial charge in [-0.25, -0.2) is 12.8 Å². The van der Waals surface area contributed by atoms with E-state index < -0.39 is 15.8 Å². The zero-order valence-corrected chi connectivity index (χ0v) is 12.3. The molecule has 0 radical (unpaired) electrons. The van der Waals surface area contributed by atoms with Gasteiger partial charge in [-0.05, 0) is 35.9 Å². The molecule has 0 saturated carbocycles. The lowest BCUT2D eigenvalue weighted by Gasteiger charge is -2.18. The van der Waals surface area contributed by atoms with Gasteiger partial charge in [0, 0.05) is 18.6 Å². The van der Waals surface area contributed by atoms with Crippen LogP contribution in [0.1, 0.15) is 5.56 Å². The highest BCUT2D eigenvalue weighted by Gasteiger charge is 2.21. The molecule has 0 spiro atoms. The van der Waals surface area contributed by atoms with E-state index in [1.54, 1.807) is 24.3 Å². The minimum absolute atomic E-state index is 0.0495. The van der Waals surface area contributed by atoms with E-state index >= 15 is 0 Å². The van der Waals surface area contributed by atoms with Crippen molar-refractivity contribution in [3.8, 4) is 0 Å². The van der Waals surface area contributed by atoms with Crippen molar-refractivity contribution in [1.29, 1.82) is 0 Å². The van der Waals surface area contributed by atoms with Crippen LogP contribution in [-0.4, -0.2) is 19.8 Å². The zero-order chi connectivity index (χ0) is 14.8. The highest BCUT2D eigenvalue weighted by Crippen LogP contribution is 2.21. The smallest absolute Gasteiger partial charge is 0.207 e. The minimum Gasteiger partial charge on any atom is -0.207 e. The van der Waals surface area contributed by atoms with Crippen molar-refractivity contribution in [2.24, 2.45) is 0 Å². The first-order chi connectivity index (χ1) is 9.41. The summed E-state index contributed by atoms with van der Waals surface area (Å²) in [6.45, 7) is 0.152. The molecule has 0 aliphatic rings. The van der Waals surface area contributed by atoms with E-state index in [4.69, 9.17) is 11.6 Å². The Morgan fingerprint density at radius 1 is 1.10 bits per heavy atom. The second-order valence-electron chi connectivity index (χ2n) is 4.31. The van der Waals surface area contributed by atoms with Crippen LogP contribution in [0, 0.1) is 5.82 Å². The second-order valence-corrected chi connectivity index (χ2v) is 6.76. The average molecular weight is 314 g/mol. The number of halogens is 2. The molecule has 0 atom stereocenters. The molecule has 2 rings (SSSR count). The Labute approximate surface area is 122 Å². The highest BCUT2D eigenvalue weighted by molar-refractivity contribution is 7.89. The number of nitrogens with zero attached hydrogens (tertiary/aromatic N) is 1. The summed E-state index contributed by atoms with van der Waals surface area (Å²) >= 11 is 6.01. The van der Waals surface area contributed by atoms with Crippen LogP contribution in [0.15, 0.2) is 53.4 Å². The summed E-state index contributed by atoms with van der Waals surface area (Å²) < 4.78 is 38.7. The molecule has 3 nitrogen and oxygen atoms in total. The average Bonchev–Trinajstić information content (AvgIpc) is 2.41. The number of benzene rings is 2. The predicted molar refractivity (Wildman–Crippen MR) is 76.5 cm³/mol. The molecule has 2 aromatic rings. The molecular weight excluding hydrogens is 301 g/mol. The topological polar surface area (TPSA) is 37.4 Å². The number of sulfonamides is 1. The molecule has 0 N–H and O–H groups in total.